The topological polar surface area (TPSA) is 33.5 Å². The first-order valence-electron chi connectivity index (χ1n) is 6.30. The Morgan fingerprint density at radius 3 is 2.53 bits per heavy atom. The van der Waals surface area contributed by atoms with Gasteiger partial charge in [-0.2, -0.15) is 0 Å². The average Bonchev–Trinajstić information content (AvgIpc) is 2.90. The smallest absolute Gasteiger partial charge is 0.258 e. The standard InChI is InChI=1S/C16H19NO2/c1-16(2,3)13-7-5-6-12(10-13)15(18)17(4)14-8-9-19-11-14/h5-11H,1-4H3. The fraction of sp³-hybridized carbons (Fsp3) is 0.312. The molecule has 0 bridgehead atoms. The van der Waals surface area contributed by atoms with E-state index < -0.39 is 0 Å². The Hall–Kier alpha value is -2.03. The lowest BCUT2D eigenvalue weighted by molar-refractivity contribution is 0.0992. The third kappa shape index (κ3) is 2.87. The number of carbonyl (C=O) groups excluding carboxylic acids is 1. The summed E-state index contributed by atoms with van der Waals surface area (Å²) in [4.78, 5) is 14.0. The van der Waals surface area contributed by atoms with Gasteiger partial charge in [-0.15, -0.1) is 0 Å². The molecule has 1 amide bonds. The van der Waals surface area contributed by atoms with E-state index in [1.807, 2.05) is 18.2 Å². The highest BCUT2D eigenvalue weighted by Crippen LogP contribution is 2.24. The summed E-state index contributed by atoms with van der Waals surface area (Å²) >= 11 is 0. The summed E-state index contributed by atoms with van der Waals surface area (Å²) in [6.07, 6.45) is 3.12. The number of benzene rings is 1. The Labute approximate surface area is 113 Å². The van der Waals surface area contributed by atoms with Gasteiger partial charge < -0.3 is 9.32 Å². The molecule has 3 nitrogen and oxygen atoms in total. The summed E-state index contributed by atoms with van der Waals surface area (Å²) in [5, 5.41) is 0. The highest BCUT2D eigenvalue weighted by Gasteiger charge is 2.18. The molecule has 0 atom stereocenters. The van der Waals surface area contributed by atoms with Crippen molar-refractivity contribution in [1.29, 1.82) is 0 Å². The molecule has 1 aromatic carbocycles. The van der Waals surface area contributed by atoms with Gasteiger partial charge in [0.1, 0.15) is 6.26 Å². The molecule has 3 heteroatoms. The van der Waals surface area contributed by atoms with Gasteiger partial charge in [0.25, 0.3) is 5.91 Å². The molecule has 1 heterocycles. The van der Waals surface area contributed by atoms with Crippen LogP contribution in [0.4, 0.5) is 5.69 Å². The second-order valence-electron chi connectivity index (χ2n) is 5.68. The molecule has 0 saturated carbocycles. The van der Waals surface area contributed by atoms with Crippen molar-refractivity contribution in [2.45, 2.75) is 26.2 Å². The van der Waals surface area contributed by atoms with E-state index >= 15 is 0 Å². The molecule has 0 spiro atoms. The minimum atomic E-state index is -0.0347. The van der Waals surface area contributed by atoms with Gasteiger partial charge in [-0.05, 0) is 23.1 Å². The second-order valence-corrected chi connectivity index (χ2v) is 5.68. The summed E-state index contributed by atoms with van der Waals surface area (Å²) < 4.78 is 5.01. The molecule has 0 radical (unpaired) electrons. The molecular weight excluding hydrogens is 238 g/mol. The van der Waals surface area contributed by atoms with E-state index in [-0.39, 0.29) is 11.3 Å². The Morgan fingerprint density at radius 2 is 1.95 bits per heavy atom. The quantitative estimate of drug-likeness (QED) is 0.818. The summed E-state index contributed by atoms with van der Waals surface area (Å²) in [7, 11) is 1.75. The van der Waals surface area contributed by atoms with Crippen molar-refractivity contribution in [2.24, 2.45) is 0 Å². The molecular formula is C16H19NO2. The molecule has 19 heavy (non-hydrogen) atoms. The lowest BCUT2D eigenvalue weighted by atomic mass is 9.86. The third-order valence-electron chi connectivity index (χ3n) is 3.17. The number of nitrogens with zero attached hydrogens (tertiary/aromatic N) is 1. The molecule has 2 rings (SSSR count). The van der Waals surface area contributed by atoms with Crippen molar-refractivity contribution in [1.82, 2.24) is 0 Å². The summed E-state index contributed by atoms with van der Waals surface area (Å²) in [6.45, 7) is 6.41. The number of amides is 1. The van der Waals surface area contributed by atoms with Crippen LogP contribution in [-0.2, 0) is 5.41 Å². The van der Waals surface area contributed by atoms with Gasteiger partial charge in [0.05, 0.1) is 12.0 Å². The second kappa shape index (κ2) is 4.92. The molecule has 2 aromatic rings. The first kappa shape index (κ1) is 13.4. The SMILES string of the molecule is CN(C(=O)c1cccc(C(C)(C)C)c1)c1ccoc1. The third-order valence-corrected chi connectivity index (χ3v) is 3.17. The van der Waals surface area contributed by atoms with Gasteiger partial charge in [0.15, 0.2) is 0 Å². The maximum absolute atomic E-state index is 12.4. The zero-order valence-electron chi connectivity index (χ0n) is 11.8. The maximum Gasteiger partial charge on any atom is 0.258 e. The van der Waals surface area contributed by atoms with Crippen molar-refractivity contribution in [2.75, 3.05) is 11.9 Å². The van der Waals surface area contributed by atoms with Gasteiger partial charge in [-0.1, -0.05) is 32.9 Å². The van der Waals surface area contributed by atoms with E-state index in [9.17, 15) is 4.79 Å². The van der Waals surface area contributed by atoms with Crippen LogP contribution in [0, 0.1) is 0 Å². The van der Waals surface area contributed by atoms with Gasteiger partial charge in [-0.25, -0.2) is 0 Å². The molecule has 0 saturated heterocycles. The van der Waals surface area contributed by atoms with Crippen molar-refractivity contribution in [3.8, 4) is 0 Å². The van der Waals surface area contributed by atoms with E-state index in [0.717, 1.165) is 11.3 Å². The molecule has 0 aliphatic rings. The van der Waals surface area contributed by atoms with Gasteiger partial charge in [0, 0.05) is 18.7 Å². The number of hydrogen-bond acceptors (Lipinski definition) is 2. The molecule has 0 unspecified atom stereocenters. The largest absolute Gasteiger partial charge is 0.470 e. The maximum atomic E-state index is 12.4. The number of rotatable bonds is 2. The number of anilines is 1. The zero-order chi connectivity index (χ0) is 14.0. The lowest BCUT2D eigenvalue weighted by Crippen LogP contribution is -2.26. The van der Waals surface area contributed by atoms with Crippen LogP contribution < -0.4 is 4.90 Å². The summed E-state index contributed by atoms with van der Waals surface area (Å²) in [5.41, 5.74) is 2.63. The first-order chi connectivity index (χ1) is 8.89. The van der Waals surface area contributed by atoms with Gasteiger partial charge in [0.2, 0.25) is 0 Å². The molecule has 0 aliphatic carbocycles. The van der Waals surface area contributed by atoms with Crippen molar-refractivity contribution in [3.05, 3.63) is 54.0 Å². The predicted octanol–water partition coefficient (Wildman–Crippen LogP) is 3.85. The van der Waals surface area contributed by atoms with Crippen LogP contribution in [0.1, 0.15) is 36.7 Å². The molecule has 0 N–H and O–H groups in total. The number of hydrogen-bond donors (Lipinski definition) is 0. The highest BCUT2D eigenvalue weighted by atomic mass is 16.3. The average molecular weight is 257 g/mol. The van der Waals surface area contributed by atoms with Gasteiger partial charge in [-0.3, -0.25) is 4.79 Å². The molecule has 100 valence electrons. The summed E-state index contributed by atoms with van der Waals surface area (Å²) in [5.74, 6) is -0.0347. The van der Waals surface area contributed by atoms with Crippen LogP contribution in [0.2, 0.25) is 0 Å². The fourth-order valence-corrected chi connectivity index (χ4v) is 1.88. The van der Waals surface area contributed by atoms with Gasteiger partial charge >= 0.3 is 0 Å². The normalized spacial score (nSPS) is 11.4. The van der Waals surface area contributed by atoms with E-state index in [1.165, 1.54) is 0 Å². The van der Waals surface area contributed by atoms with E-state index in [2.05, 4.69) is 26.8 Å². The molecule has 0 fully saturated rings. The van der Waals surface area contributed by atoms with Crippen LogP contribution in [0.25, 0.3) is 0 Å². The number of carbonyl (C=O) groups is 1. The van der Waals surface area contributed by atoms with Crippen LogP contribution in [0.15, 0.2) is 47.3 Å². The Bertz CT molecular complexity index is 565. The van der Waals surface area contributed by atoms with Crippen LogP contribution in [0.5, 0.6) is 0 Å². The lowest BCUT2D eigenvalue weighted by Gasteiger charge is -2.21. The van der Waals surface area contributed by atoms with Crippen molar-refractivity contribution >= 4 is 11.6 Å². The Morgan fingerprint density at radius 1 is 1.21 bits per heavy atom. The van der Waals surface area contributed by atoms with Crippen LogP contribution in [0.3, 0.4) is 0 Å². The van der Waals surface area contributed by atoms with E-state index in [0.29, 0.717) is 5.56 Å². The minimum Gasteiger partial charge on any atom is -0.470 e. The Kier molecular flexibility index (Phi) is 3.47. The molecule has 0 aliphatic heterocycles. The fourth-order valence-electron chi connectivity index (χ4n) is 1.88. The van der Waals surface area contributed by atoms with Crippen LogP contribution in [-0.4, -0.2) is 13.0 Å². The first-order valence-corrected chi connectivity index (χ1v) is 6.30. The van der Waals surface area contributed by atoms with Crippen molar-refractivity contribution < 1.29 is 9.21 Å². The zero-order valence-corrected chi connectivity index (χ0v) is 11.8. The molecule has 1 aromatic heterocycles. The van der Waals surface area contributed by atoms with E-state index in [1.54, 1.807) is 30.5 Å². The summed E-state index contributed by atoms with van der Waals surface area (Å²) in [6, 6.07) is 9.55. The van der Waals surface area contributed by atoms with Crippen molar-refractivity contribution in [3.63, 3.8) is 0 Å². The monoisotopic (exact) mass is 257 g/mol. The predicted molar refractivity (Wildman–Crippen MR) is 76.6 cm³/mol. The van der Waals surface area contributed by atoms with E-state index in [4.69, 9.17) is 4.42 Å². The minimum absolute atomic E-state index is 0.0322. The Balaban J connectivity index is 2.30. The number of furan rings is 1. The van der Waals surface area contributed by atoms with Crippen LogP contribution >= 0.6 is 0 Å². The highest BCUT2D eigenvalue weighted by molar-refractivity contribution is 6.05.